The van der Waals surface area contributed by atoms with Crippen LogP contribution in [0.25, 0.3) is 0 Å². The van der Waals surface area contributed by atoms with Gasteiger partial charge in [0.1, 0.15) is 5.78 Å². The zero-order valence-electron chi connectivity index (χ0n) is 8.32. The monoisotopic (exact) mass is 214 g/mol. The average molecular weight is 214 g/mol. The second-order valence-electron chi connectivity index (χ2n) is 2.93. The third-order valence-electron chi connectivity index (χ3n) is 1.88. The lowest BCUT2D eigenvalue weighted by Crippen LogP contribution is -2.16. The molecule has 0 aliphatic heterocycles. The predicted molar refractivity (Wildman–Crippen MR) is 56.4 cm³/mol. The van der Waals surface area contributed by atoms with Crippen LogP contribution in [0.15, 0.2) is 5.38 Å². The minimum atomic E-state index is -0.275. The molecule has 1 rings (SSSR count). The maximum absolute atomic E-state index is 11.3. The van der Waals surface area contributed by atoms with Crippen LogP contribution in [-0.4, -0.2) is 24.0 Å². The van der Waals surface area contributed by atoms with Crippen LogP contribution in [0.4, 0.5) is 5.13 Å². The standard InChI is InChI=1S/C9H14N2O2S/c1-3-13-4-7(6(2)12)8-5-14-9(10)11-8/h5,7H,3-4H2,1-2H3,(H2,10,11). The molecule has 0 spiro atoms. The lowest BCUT2D eigenvalue weighted by molar-refractivity contribution is -0.119. The number of hydrogen-bond acceptors (Lipinski definition) is 5. The molecular weight excluding hydrogens is 200 g/mol. The van der Waals surface area contributed by atoms with Gasteiger partial charge in [0.15, 0.2) is 5.13 Å². The summed E-state index contributed by atoms with van der Waals surface area (Å²) in [5.74, 6) is -0.216. The van der Waals surface area contributed by atoms with Crippen molar-refractivity contribution in [1.29, 1.82) is 0 Å². The van der Waals surface area contributed by atoms with Gasteiger partial charge in [-0.3, -0.25) is 4.79 Å². The van der Waals surface area contributed by atoms with Gasteiger partial charge in [0, 0.05) is 12.0 Å². The summed E-state index contributed by atoms with van der Waals surface area (Å²) in [7, 11) is 0. The molecule has 0 aromatic carbocycles. The smallest absolute Gasteiger partial charge is 0.180 e. The number of nitrogen functional groups attached to an aromatic ring is 1. The molecule has 78 valence electrons. The first-order valence-corrected chi connectivity index (χ1v) is 5.32. The number of aromatic nitrogens is 1. The van der Waals surface area contributed by atoms with E-state index in [-0.39, 0.29) is 11.7 Å². The second-order valence-corrected chi connectivity index (χ2v) is 3.82. The van der Waals surface area contributed by atoms with Crippen molar-refractivity contribution in [2.45, 2.75) is 19.8 Å². The quantitative estimate of drug-likeness (QED) is 0.805. The minimum Gasteiger partial charge on any atom is -0.381 e. The molecule has 0 saturated carbocycles. The molecule has 0 aliphatic carbocycles. The van der Waals surface area contributed by atoms with Gasteiger partial charge in [-0.25, -0.2) is 4.98 Å². The zero-order valence-corrected chi connectivity index (χ0v) is 9.13. The van der Waals surface area contributed by atoms with Crippen LogP contribution in [0, 0.1) is 0 Å². The van der Waals surface area contributed by atoms with Gasteiger partial charge in [0.2, 0.25) is 0 Å². The molecule has 1 aromatic rings. The lowest BCUT2D eigenvalue weighted by atomic mass is 10.0. The topological polar surface area (TPSA) is 65.2 Å². The van der Waals surface area contributed by atoms with Crippen LogP contribution < -0.4 is 5.73 Å². The molecule has 0 fully saturated rings. The van der Waals surface area contributed by atoms with Gasteiger partial charge in [-0.2, -0.15) is 0 Å². The second kappa shape index (κ2) is 5.07. The predicted octanol–water partition coefficient (Wildman–Crippen LogP) is 1.43. The third-order valence-corrected chi connectivity index (χ3v) is 2.57. The number of ketones is 1. The molecule has 1 heterocycles. The molecule has 0 radical (unpaired) electrons. The number of carbonyl (C=O) groups is 1. The molecular formula is C9H14N2O2S. The molecule has 0 bridgehead atoms. The van der Waals surface area contributed by atoms with Crippen molar-refractivity contribution in [1.82, 2.24) is 4.98 Å². The number of nitrogens with two attached hydrogens (primary N) is 1. The van der Waals surface area contributed by atoms with Crippen molar-refractivity contribution in [3.05, 3.63) is 11.1 Å². The van der Waals surface area contributed by atoms with E-state index in [1.54, 1.807) is 12.3 Å². The highest BCUT2D eigenvalue weighted by molar-refractivity contribution is 7.13. The number of nitrogens with zero attached hydrogens (tertiary/aromatic N) is 1. The summed E-state index contributed by atoms with van der Waals surface area (Å²) < 4.78 is 5.22. The maximum atomic E-state index is 11.3. The summed E-state index contributed by atoms with van der Waals surface area (Å²) in [6.07, 6.45) is 0. The highest BCUT2D eigenvalue weighted by Crippen LogP contribution is 2.21. The Bertz CT molecular complexity index is 312. The van der Waals surface area contributed by atoms with Gasteiger partial charge in [0.25, 0.3) is 0 Å². The highest BCUT2D eigenvalue weighted by Gasteiger charge is 2.19. The van der Waals surface area contributed by atoms with Crippen molar-refractivity contribution in [3.63, 3.8) is 0 Å². The van der Waals surface area contributed by atoms with Crippen molar-refractivity contribution >= 4 is 22.3 Å². The SMILES string of the molecule is CCOCC(C(C)=O)c1csc(N)n1. The molecule has 14 heavy (non-hydrogen) atoms. The van der Waals surface area contributed by atoms with E-state index >= 15 is 0 Å². The Morgan fingerprint density at radius 2 is 2.50 bits per heavy atom. The number of rotatable bonds is 5. The van der Waals surface area contributed by atoms with Crippen LogP contribution in [-0.2, 0) is 9.53 Å². The Morgan fingerprint density at radius 3 is 2.93 bits per heavy atom. The Morgan fingerprint density at radius 1 is 1.79 bits per heavy atom. The van der Waals surface area contributed by atoms with Crippen LogP contribution in [0.2, 0.25) is 0 Å². The number of ether oxygens (including phenoxy) is 1. The lowest BCUT2D eigenvalue weighted by Gasteiger charge is -2.10. The van der Waals surface area contributed by atoms with E-state index in [9.17, 15) is 4.79 Å². The number of hydrogen-bond donors (Lipinski definition) is 1. The minimum absolute atomic E-state index is 0.0590. The summed E-state index contributed by atoms with van der Waals surface area (Å²) in [5, 5.41) is 2.29. The van der Waals surface area contributed by atoms with Crippen molar-refractivity contribution in [3.8, 4) is 0 Å². The van der Waals surface area contributed by atoms with Crippen molar-refractivity contribution in [2.24, 2.45) is 0 Å². The molecule has 1 aromatic heterocycles. The Kier molecular flexibility index (Phi) is 4.03. The van der Waals surface area contributed by atoms with Crippen LogP contribution >= 0.6 is 11.3 Å². The first kappa shape index (κ1) is 11.1. The van der Waals surface area contributed by atoms with Gasteiger partial charge in [-0.15, -0.1) is 11.3 Å². The molecule has 1 atom stereocenters. The average Bonchev–Trinajstić information content (AvgIpc) is 2.52. The molecule has 0 saturated heterocycles. The highest BCUT2D eigenvalue weighted by atomic mass is 32.1. The largest absolute Gasteiger partial charge is 0.381 e. The van der Waals surface area contributed by atoms with Gasteiger partial charge >= 0.3 is 0 Å². The molecule has 4 nitrogen and oxygen atoms in total. The van der Waals surface area contributed by atoms with Crippen LogP contribution in [0.5, 0.6) is 0 Å². The summed E-state index contributed by atoms with van der Waals surface area (Å²) in [6.45, 7) is 4.42. The molecule has 1 unspecified atom stereocenters. The molecule has 5 heteroatoms. The number of anilines is 1. The van der Waals surface area contributed by atoms with Gasteiger partial charge in [0.05, 0.1) is 18.2 Å². The van der Waals surface area contributed by atoms with Gasteiger partial charge in [-0.05, 0) is 13.8 Å². The first-order chi connectivity index (χ1) is 6.65. The summed E-state index contributed by atoms with van der Waals surface area (Å²) in [4.78, 5) is 15.4. The van der Waals surface area contributed by atoms with Crippen molar-refractivity contribution < 1.29 is 9.53 Å². The summed E-state index contributed by atoms with van der Waals surface area (Å²) in [6, 6.07) is 0. The number of carbonyl (C=O) groups excluding carboxylic acids is 1. The summed E-state index contributed by atoms with van der Waals surface area (Å²) >= 11 is 1.34. The molecule has 2 N–H and O–H groups in total. The van der Waals surface area contributed by atoms with Gasteiger partial charge < -0.3 is 10.5 Å². The maximum Gasteiger partial charge on any atom is 0.180 e. The first-order valence-electron chi connectivity index (χ1n) is 4.44. The Labute approximate surface area is 87.1 Å². The van der Waals surface area contributed by atoms with E-state index in [0.29, 0.717) is 24.0 Å². The normalized spacial score (nSPS) is 12.7. The van der Waals surface area contributed by atoms with E-state index in [1.807, 2.05) is 6.92 Å². The number of Topliss-reactive ketones (excluding diaryl/α,β-unsaturated/α-hetero) is 1. The number of thiazole rings is 1. The van der Waals surface area contributed by atoms with Crippen LogP contribution in [0.3, 0.4) is 0 Å². The van der Waals surface area contributed by atoms with Crippen molar-refractivity contribution in [2.75, 3.05) is 18.9 Å². The molecule has 0 amide bonds. The fourth-order valence-electron chi connectivity index (χ4n) is 1.11. The third kappa shape index (κ3) is 2.78. The summed E-state index contributed by atoms with van der Waals surface area (Å²) in [5.41, 5.74) is 6.22. The van der Waals surface area contributed by atoms with Crippen LogP contribution in [0.1, 0.15) is 25.5 Å². The van der Waals surface area contributed by atoms with E-state index < -0.39 is 0 Å². The zero-order chi connectivity index (χ0) is 10.6. The Hall–Kier alpha value is -0.940. The fraction of sp³-hybridized carbons (Fsp3) is 0.556. The van der Waals surface area contributed by atoms with E-state index in [4.69, 9.17) is 10.5 Å². The van der Waals surface area contributed by atoms with E-state index in [1.165, 1.54) is 11.3 Å². The molecule has 0 aliphatic rings. The fourth-order valence-corrected chi connectivity index (χ4v) is 1.72. The Balaban J connectivity index is 2.72. The van der Waals surface area contributed by atoms with E-state index in [0.717, 1.165) is 0 Å². The van der Waals surface area contributed by atoms with E-state index in [2.05, 4.69) is 4.98 Å². The van der Waals surface area contributed by atoms with Gasteiger partial charge in [-0.1, -0.05) is 0 Å².